The van der Waals surface area contributed by atoms with E-state index in [-0.39, 0.29) is 5.69 Å². The highest BCUT2D eigenvalue weighted by atomic mass is 16.1. The molecule has 8 heteroatoms. The largest absolute Gasteiger partial charge is 0.328 e. The van der Waals surface area contributed by atoms with Crippen LogP contribution in [0.25, 0.3) is 22.5 Å². The molecule has 8 nitrogen and oxygen atoms in total. The van der Waals surface area contributed by atoms with E-state index >= 15 is 0 Å². The molecule has 1 aliphatic carbocycles. The van der Waals surface area contributed by atoms with Gasteiger partial charge < -0.3 is 0 Å². The Morgan fingerprint density at radius 3 is 2.54 bits per heavy atom. The molecule has 1 N–H and O–H groups in total. The van der Waals surface area contributed by atoms with Gasteiger partial charge in [-0.15, -0.1) is 5.10 Å². The highest BCUT2D eigenvalue weighted by Gasteiger charge is 2.21. The van der Waals surface area contributed by atoms with Crippen LogP contribution in [-0.4, -0.2) is 34.7 Å². The molecule has 1 saturated carbocycles. The fraction of sp³-hybridized carbons (Fsp3) is 0.483. The van der Waals surface area contributed by atoms with E-state index in [0.717, 1.165) is 47.3 Å². The van der Waals surface area contributed by atoms with Gasteiger partial charge in [-0.25, -0.2) is 9.89 Å². The third-order valence-corrected chi connectivity index (χ3v) is 7.82. The Hall–Kier alpha value is -3.55. The van der Waals surface area contributed by atoms with E-state index in [1.54, 1.807) is 6.20 Å². The van der Waals surface area contributed by atoms with Gasteiger partial charge in [-0.2, -0.15) is 0 Å². The van der Waals surface area contributed by atoms with Gasteiger partial charge in [0.2, 0.25) is 0 Å². The number of nitrogens with one attached hydrogen (secondary N) is 1. The lowest BCUT2D eigenvalue weighted by atomic mass is 9.89. The van der Waals surface area contributed by atoms with E-state index in [4.69, 9.17) is 0 Å². The van der Waals surface area contributed by atoms with Crippen LogP contribution in [0.2, 0.25) is 0 Å². The van der Waals surface area contributed by atoms with E-state index in [0.29, 0.717) is 18.3 Å². The molecule has 0 bridgehead atoms. The first kappa shape index (κ1) is 25.1. The van der Waals surface area contributed by atoms with E-state index in [1.165, 1.54) is 50.6 Å². The first-order valence-electron chi connectivity index (χ1n) is 13.7. The minimum Gasteiger partial charge on any atom is -0.296 e. The number of hydrogen-bond acceptors (Lipinski definition) is 5. The number of aromatic amines is 1. The van der Waals surface area contributed by atoms with E-state index in [2.05, 4.69) is 68.3 Å². The van der Waals surface area contributed by atoms with Crippen molar-refractivity contribution in [2.45, 2.75) is 84.7 Å². The molecule has 0 radical (unpaired) electrons. The Bertz CT molecular complexity index is 1350. The molecule has 0 unspecified atom stereocenters. The first-order valence-corrected chi connectivity index (χ1v) is 13.7. The molecule has 194 valence electrons. The average molecular weight is 500 g/mol. The van der Waals surface area contributed by atoms with Crippen LogP contribution in [0, 0.1) is 12.8 Å². The van der Waals surface area contributed by atoms with Crippen molar-refractivity contribution in [2.75, 3.05) is 0 Å². The molecule has 1 aliphatic rings. The van der Waals surface area contributed by atoms with Crippen LogP contribution in [0.15, 0.2) is 47.5 Å². The summed E-state index contributed by atoms with van der Waals surface area (Å²) in [5, 5.41) is 14.3. The minimum absolute atomic E-state index is 0.144. The lowest BCUT2D eigenvalue weighted by molar-refractivity contribution is 0.313. The van der Waals surface area contributed by atoms with Gasteiger partial charge in [-0.1, -0.05) is 63.3 Å². The third kappa shape index (κ3) is 5.58. The highest BCUT2D eigenvalue weighted by molar-refractivity contribution is 5.79. The summed E-state index contributed by atoms with van der Waals surface area (Å²) < 4.78 is 4.09. The number of pyridine rings is 1. The Labute approximate surface area is 218 Å². The van der Waals surface area contributed by atoms with Crippen LogP contribution in [0.5, 0.6) is 0 Å². The van der Waals surface area contributed by atoms with Crippen molar-refractivity contribution in [3.63, 3.8) is 0 Å². The Morgan fingerprint density at radius 2 is 1.81 bits per heavy atom. The van der Waals surface area contributed by atoms with Gasteiger partial charge in [0.15, 0.2) is 5.82 Å². The Kier molecular flexibility index (Phi) is 7.92. The Balaban J connectivity index is 1.42. The number of H-pyrrole nitrogens is 1. The smallest absolute Gasteiger partial charge is 0.296 e. The van der Waals surface area contributed by atoms with Gasteiger partial charge in [-0.3, -0.25) is 14.1 Å². The summed E-state index contributed by atoms with van der Waals surface area (Å²) in [7, 11) is 0. The molecule has 3 aromatic heterocycles. The van der Waals surface area contributed by atoms with Crippen LogP contribution < -0.4 is 5.69 Å². The molecule has 0 spiro atoms. The van der Waals surface area contributed by atoms with Crippen LogP contribution in [0.1, 0.15) is 75.2 Å². The van der Waals surface area contributed by atoms with Crippen LogP contribution >= 0.6 is 0 Å². The number of nitrogens with zero attached hydrogens (tertiary/aromatic N) is 6. The standard InChI is InChI=1S/C29H37N7O/c1-3-4-6-11-27-21(2)35(19-22-9-7-5-8-10-22)29(37)36(27)20-23-12-14-24(15-13-23)26-18-30-17-16-25(26)28-31-33-34-32-28/h12-18,22H,3-11,19-20H2,1-2H3,(H,31,32,33,34). The highest BCUT2D eigenvalue weighted by Crippen LogP contribution is 2.29. The molecular formula is C29H37N7O. The molecule has 3 heterocycles. The maximum atomic E-state index is 13.7. The molecule has 0 aliphatic heterocycles. The van der Waals surface area contributed by atoms with Gasteiger partial charge in [0.25, 0.3) is 0 Å². The molecule has 37 heavy (non-hydrogen) atoms. The summed E-state index contributed by atoms with van der Waals surface area (Å²) in [5.41, 5.74) is 6.51. The molecule has 0 amide bonds. The molecule has 4 aromatic rings. The predicted molar refractivity (Wildman–Crippen MR) is 145 cm³/mol. The van der Waals surface area contributed by atoms with Gasteiger partial charge in [0.1, 0.15) is 0 Å². The number of benzene rings is 1. The molecule has 0 atom stereocenters. The second kappa shape index (κ2) is 11.7. The first-order chi connectivity index (χ1) is 18.2. The van der Waals surface area contributed by atoms with E-state index in [1.807, 2.05) is 16.8 Å². The van der Waals surface area contributed by atoms with Crippen LogP contribution in [-0.2, 0) is 19.5 Å². The van der Waals surface area contributed by atoms with Crippen molar-refractivity contribution in [1.29, 1.82) is 0 Å². The van der Waals surface area contributed by atoms with Crippen molar-refractivity contribution in [1.82, 2.24) is 34.7 Å². The minimum atomic E-state index is 0.144. The summed E-state index contributed by atoms with van der Waals surface area (Å²) >= 11 is 0. The third-order valence-electron chi connectivity index (χ3n) is 7.82. The zero-order chi connectivity index (χ0) is 25.6. The van der Waals surface area contributed by atoms with Gasteiger partial charge in [0.05, 0.1) is 6.54 Å². The topological polar surface area (TPSA) is 94.3 Å². The summed E-state index contributed by atoms with van der Waals surface area (Å²) in [6.07, 6.45) is 14.4. The van der Waals surface area contributed by atoms with Crippen molar-refractivity contribution in [3.8, 4) is 22.5 Å². The predicted octanol–water partition coefficient (Wildman–Crippen LogP) is 5.56. The zero-order valence-corrected chi connectivity index (χ0v) is 22.0. The average Bonchev–Trinajstić information content (AvgIpc) is 3.55. The quantitative estimate of drug-likeness (QED) is 0.288. The van der Waals surface area contributed by atoms with Crippen molar-refractivity contribution < 1.29 is 0 Å². The number of rotatable bonds is 10. The second-order valence-electron chi connectivity index (χ2n) is 10.3. The lowest BCUT2D eigenvalue weighted by Crippen LogP contribution is -2.28. The molecule has 0 saturated heterocycles. The SMILES string of the molecule is CCCCCc1c(C)n(CC2CCCCC2)c(=O)n1Cc1ccc(-c2cnccc2-c2nnn[nH]2)cc1. The number of tetrazole rings is 1. The maximum absolute atomic E-state index is 13.7. The fourth-order valence-corrected chi connectivity index (χ4v) is 5.70. The maximum Gasteiger partial charge on any atom is 0.328 e. The zero-order valence-electron chi connectivity index (χ0n) is 22.0. The van der Waals surface area contributed by atoms with E-state index in [9.17, 15) is 4.79 Å². The number of aromatic nitrogens is 7. The summed E-state index contributed by atoms with van der Waals surface area (Å²) in [5.74, 6) is 1.23. The number of hydrogen-bond donors (Lipinski definition) is 1. The molecule has 1 fully saturated rings. The van der Waals surface area contributed by atoms with Crippen molar-refractivity contribution >= 4 is 0 Å². The van der Waals surface area contributed by atoms with Gasteiger partial charge in [-0.05, 0) is 66.1 Å². The Morgan fingerprint density at radius 1 is 1.00 bits per heavy atom. The number of imidazole rings is 1. The number of unbranched alkanes of at least 4 members (excludes halogenated alkanes) is 2. The lowest BCUT2D eigenvalue weighted by Gasteiger charge is -2.22. The van der Waals surface area contributed by atoms with Gasteiger partial charge in [0, 0.05) is 41.5 Å². The molecule has 5 rings (SSSR count). The normalized spacial score (nSPS) is 14.3. The summed E-state index contributed by atoms with van der Waals surface area (Å²) in [6.45, 7) is 5.82. The van der Waals surface area contributed by atoms with Crippen LogP contribution in [0.4, 0.5) is 0 Å². The molecule has 1 aromatic carbocycles. The van der Waals surface area contributed by atoms with Crippen molar-refractivity contribution in [2.24, 2.45) is 5.92 Å². The molecular weight excluding hydrogens is 462 g/mol. The van der Waals surface area contributed by atoms with E-state index < -0.39 is 0 Å². The second-order valence-corrected chi connectivity index (χ2v) is 10.3. The summed E-state index contributed by atoms with van der Waals surface area (Å²) in [4.78, 5) is 18.0. The van der Waals surface area contributed by atoms with Crippen molar-refractivity contribution in [3.05, 3.63) is 70.2 Å². The fourth-order valence-electron chi connectivity index (χ4n) is 5.70. The van der Waals surface area contributed by atoms with Crippen LogP contribution in [0.3, 0.4) is 0 Å². The monoisotopic (exact) mass is 499 g/mol. The van der Waals surface area contributed by atoms with Gasteiger partial charge >= 0.3 is 5.69 Å². The summed E-state index contributed by atoms with van der Waals surface area (Å²) in [6, 6.07) is 10.3.